The van der Waals surface area contributed by atoms with Gasteiger partial charge >= 0.3 is 0 Å². The molecule has 3 N–H and O–H groups in total. The normalized spacial score (nSPS) is 12.0. The first-order valence-electron chi connectivity index (χ1n) is 8.40. The highest BCUT2D eigenvalue weighted by Gasteiger charge is 2.15. The van der Waals surface area contributed by atoms with Crippen LogP contribution in [0.3, 0.4) is 0 Å². The van der Waals surface area contributed by atoms with Crippen LogP contribution in [-0.4, -0.2) is 23.7 Å². The summed E-state index contributed by atoms with van der Waals surface area (Å²) in [4.78, 5) is 27.9. The van der Waals surface area contributed by atoms with Gasteiger partial charge in [-0.3, -0.25) is 14.2 Å². The fourth-order valence-corrected chi connectivity index (χ4v) is 3.26. The molecule has 2 aromatic heterocycles. The number of aromatic nitrogens is 2. The van der Waals surface area contributed by atoms with Crippen molar-refractivity contribution < 1.29 is 4.74 Å². The number of rotatable bonds is 5. The van der Waals surface area contributed by atoms with Crippen molar-refractivity contribution in [2.75, 3.05) is 24.8 Å². The third-order valence-electron chi connectivity index (χ3n) is 4.54. The highest BCUT2D eigenvalue weighted by Crippen LogP contribution is 2.29. The Kier molecular flexibility index (Phi) is 5.14. The van der Waals surface area contributed by atoms with Crippen molar-refractivity contribution in [2.24, 2.45) is 7.05 Å². The fourth-order valence-electron chi connectivity index (χ4n) is 3.01. The SMILES string of the molecule is CNc1ccc(N[C@@H](C)c2cc3cc(Cl)c(OC)cc3[nH]c2=O)c(=O)n1C. The van der Waals surface area contributed by atoms with E-state index in [1.807, 2.05) is 6.92 Å². The van der Waals surface area contributed by atoms with Crippen LogP contribution in [0, 0.1) is 0 Å². The summed E-state index contributed by atoms with van der Waals surface area (Å²) >= 11 is 6.19. The monoisotopic (exact) mass is 388 g/mol. The molecular weight excluding hydrogens is 368 g/mol. The van der Waals surface area contributed by atoms with Crippen molar-refractivity contribution in [3.8, 4) is 5.75 Å². The summed E-state index contributed by atoms with van der Waals surface area (Å²) in [6.45, 7) is 1.83. The van der Waals surface area contributed by atoms with Crippen LogP contribution in [0.2, 0.25) is 5.02 Å². The largest absolute Gasteiger partial charge is 0.495 e. The van der Waals surface area contributed by atoms with E-state index < -0.39 is 0 Å². The second-order valence-corrected chi connectivity index (χ2v) is 6.65. The van der Waals surface area contributed by atoms with Crippen molar-refractivity contribution >= 4 is 34.0 Å². The first-order valence-corrected chi connectivity index (χ1v) is 8.78. The standard InChI is InChI=1S/C19H21ClN4O3/c1-10(22-14-5-6-17(21-2)24(3)19(14)26)12-7-11-8-13(20)16(27-4)9-15(11)23-18(12)25/h5-10,21-22H,1-4H3,(H,23,25)/t10-/m0/s1. The summed E-state index contributed by atoms with van der Waals surface area (Å²) in [5.41, 5.74) is 1.13. The van der Waals surface area contributed by atoms with Gasteiger partial charge in [0.25, 0.3) is 11.1 Å². The molecule has 142 valence electrons. The van der Waals surface area contributed by atoms with Gasteiger partial charge in [-0.15, -0.1) is 0 Å². The Labute approximate surface area is 160 Å². The summed E-state index contributed by atoms with van der Waals surface area (Å²) in [6, 6.07) is 8.31. The molecule has 3 aromatic rings. The third-order valence-corrected chi connectivity index (χ3v) is 4.84. The number of halogens is 1. The molecule has 1 aromatic carbocycles. The van der Waals surface area contributed by atoms with E-state index in [2.05, 4.69) is 15.6 Å². The number of ether oxygens (including phenoxy) is 1. The molecule has 3 rings (SSSR count). The number of aromatic amines is 1. The second-order valence-electron chi connectivity index (χ2n) is 6.24. The van der Waals surface area contributed by atoms with Crippen LogP contribution in [-0.2, 0) is 7.05 Å². The summed E-state index contributed by atoms with van der Waals surface area (Å²) in [6.07, 6.45) is 0. The van der Waals surface area contributed by atoms with Gasteiger partial charge in [0, 0.05) is 31.1 Å². The molecule has 0 aliphatic rings. The van der Waals surface area contributed by atoms with Crippen LogP contribution in [0.5, 0.6) is 5.75 Å². The molecule has 0 unspecified atom stereocenters. The van der Waals surface area contributed by atoms with E-state index in [-0.39, 0.29) is 17.2 Å². The average Bonchev–Trinajstić information content (AvgIpc) is 2.65. The van der Waals surface area contributed by atoms with Crippen molar-refractivity contribution in [2.45, 2.75) is 13.0 Å². The van der Waals surface area contributed by atoms with Gasteiger partial charge in [0.15, 0.2) is 0 Å². The highest BCUT2D eigenvalue weighted by molar-refractivity contribution is 6.32. The van der Waals surface area contributed by atoms with Crippen LogP contribution in [0.4, 0.5) is 11.5 Å². The lowest BCUT2D eigenvalue weighted by atomic mass is 10.1. The molecule has 0 spiro atoms. The topological polar surface area (TPSA) is 88.2 Å². The minimum absolute atomic E-state index is 0.182. The van der Waals surface area contributed by atoms with Gasteiger partial charge in [-0.2, -0.15) is 0 Å². The maximum Gasteiger partial charge on any atom is 0.275 e. The zero-order valence-corrected chi connectivity index (χ0v) is 16.3. The molecule has 0 saturated heterocycles. The number of anilines is 2. The molecule has 0 fully saturated rings. The summed E-state index contributed by atoms with van der Waals surface area (Å²) in [5.74, 6) is 1.19. The van der Waals surface area contributed by atoms with Crippen LogP contribution >= 0.6 is 11.6 Å². The van der Waals surface area contributed by atoms with Crippen molar-refractivity contribution in [1.82, 2.24) is 9.55 Å². The maximum absolute atomic E-state index is 12.5. The molecule has 8 heteroatoms. The average molecular weight is 389 g/mol. The lowest BCUT2D eigenvalue weighted by molar-refractivity contribution is 0.415. The number of hydrogen-bond acceptors (Lipinski definition) is 5. The number of fused-ring (bicyclic) bond motifs is 1. The molecule has 27 heavy (non-hydrogen) atoms. The smallest absolute Gasteiger partial charge is 0.275 e. The fraction of sp³-hybridized carbons (Fsp3) is 0.263. The molecule has 1 atom stereocenters. The second kappa shape index (κ2) is 7.36. The summed E-state index contributed by atoms with van der Waals surface area (Å²) in [7, 11) is 4.95. The Hall–Kier alpha value is -2.93. The Morgan fingerprint density at radius 3 is 2.63 bits per heavy atom. The Balaban J connectivity index is 2.00. The van der Waals surface area contributed by atoms with E-state index in [0.29, 0.717) is 33.4 Å². The van der Waals surface area contributed by atoms with Gasteiger partial charge in [0.05, 0.1) is 23.7 Å². The lowest BCUT2D eigenvalue weighted by Crippen LogP contribution is -2.26. The van der Waals surface area contributed by atoms with Crippen LogP contribution in [0.1, 0.15) is 18.5 Å². The van der Waals surface area contributed by atoms with E-state index in [1.54, 1.807) is 44.4 Å². The number of hydrogen-bond donors (Lipinski definition) is 3. The van der Waals surface area contributed by atoms with Crippen molar-refractivity contribution in [3.63, 3.8) is 0 Å². The molecule has 2 heterocycles. The van der Waals surface area contributed by atoms with Crippen LogP contribution in [0.15, 0.2) is 39.9 Å². The number of nitrogens with zero attached hydrogens (tertiary/aromatic N) is 1. The molecule has 0 bridgehead atoms. The lowest BCUT2D eigenvalue weighted by Gasteiger charge is -2.17. The predicted octanol–water partition coefficient (Wildman–Crippen LogP) is 3.10. The minimum atomic E-state index is -0.382. The number of benzene rings is 1. The van der Waals surface area contributed by atoms with Gasteiger partial charge in [-0.25, -0.2) is 0 Å². The molecule has 0 radical (unpaired) electrons. The number of methoxy groups -OCH3 is 1. The van der Waals surface area contributed by atoms with Gasteiger partial charge in [0.1, 0.15) is 17.3 Å². The molecule has 0 saturated carbocycles. The van der Waals surface area contributed by atoms with E-state index in [4.69, 9.17) is 16.3 Å². The number of nitrogens with one attached hydrogen (secondary N) is 3. The Morgan fingerprint density at radius 2 is 1.96 bits per heavy atom. The summed E-state index contributed by atoms with van der Waals surface area (Å²) < 4.78 is 6.69. The molecule has 0 aliphatic heterocycles. The Bertz CT molecular complexity index is 1120. The first-order chi connectivity index (χ1) is 12.8. The van der Waals surface area contributed by atoms with Crippen LogP contribution < -0.4 is 26.5 Å². The molecule has 0 amide bonds. The number of H-pyrrole nitrogens is 1. The zero-order valence-electron chi connectivity index (χ0n) is 15.5. The first kappa shape index (κ1) is 18.8. The van der Waals surface area contributed by atoms with Gasteiger partial charge in [0.2, 0.25) is 0 Å². The molecular formula is C19H21ClN4O3. The van der Waals surface area contributed by atoms with Gasteiger partial charge in [-0.1, -0.05) is 11.6 Å². The quantitative estimate of drug-likeness (QED) is 0.625. The predicted molar refractivity (Wildman–Crippen MR) is 109 cm³/mol. The van der Waals surface area contributed by atoms with Crippen molar-refractivity contribution in [1.29, 1.82) is 0 Å². The summed E-state index contributed by atoms with van der Waals surface area (Å²) in [5, 5.41) is 7.31. The van der Waals surface area contributed by atoms with E-state index in [9.17, 15) is 9.59 Å². The zero-order chi connectivity index (χ0) is 19.7. The van der Waals surface area contributed by atoms with E-state index >= 15 is 0 Å². The van der Waals surface area contributed by atoms with E-state index in [1.165, 1.54) is 11.7 Å². The minimum Gasteiger partial charge on any atom is -0.495 e. The van der Waals surface area contributed by atoms with E-state index in [0.717, 1.165) is 5.39 Å². The van der Waals surface area contributed by atoms with Crippen LogP contribution in [0.25, 0.3) is 10.9 Å². The van der Waals surface area contributed by atoms with Crippen molar-refractivity contribution in [3.05, 3.63) is 61.6 Å². The van der Waals surface area contributed by atoms with Gasteiger partial charge in [-0.05, 0) is 31.2 Å². The molecule has 7 nitrogen and oxygen atoms in total. The Morgan fingerprint density at radius 1 is 1.22 bits per heavy atom. The third kappa shape index (κ3) is 3.50. The highest BCUT2D eigenvalue weighted by atomic mass is 35.5. The molecule has 0 aliphatic carbocycles. The van der Waals surface area contributed by atoms with Gasteiger partial charge < -0.3 is 20.4 Å². The number of pyridine rings is 2. The maximum atomic E-state index is 12.5.